The normalized spacial score (nSPS) is 19.1. The Balaban J connectivity index is 2.01. The highest BCUT2D eigenvalue weighted by Crippen LogP contribution is 2.24. The first-order valence-electron chi connectivity index (χ1n) is 31.7. The third-order valence-corrected chi connectivity index (χ3v) is 15.7. The molecule has 1 heterocycles. The average molecular weight is 1010 g/mol. The van der Waals surface area contributed by atoms with Crippen LogP contribution in [0.15, 0.2) is 0 Å². The van der Waals surface area contributed by atoms with Crippen LogP contribution in [0.4, 0.5) is 0 Å². The summed E-state index contributed by atoms with van der Waals surface area (Å²) < 4.78 is 11.3. The summed E-state index contributed by atoms with van der Waals surface area (Å²) >= 11 is 0. The zero-order chi connectivity index (χ0) is 51.5. The van der Waals surface area contributed by atoms with Gasteiger partial charge < -0.3 is 40.3 Å². The fraction of sp³-hybridized carbons (Fsp3) is 0.984. The number of carbonyl (C=O) groups excluding carboxylic acids is 1. The molecule has 1 rings (SSSR count). The fourth-order valence-electron chi connectivity index (χ4n) is 10.7. The summed E-state index contributed by atoms with van der Waals surface area (Å²) in [6.45, 7) is 3.87. The monoisotopic (exact) mass is 1010 g/mol. The van der Waals surface area contributed by atoms with Crippen LogP contribution >= 0.6 is 0 Å². The van der Waals surface area contributed by atoms with Crippen molar-refractivity contribution in [2.45, 2.75) is 378 Å². The number of aliphatic hydroxyl groups excluding tert-OH is 5. The predicted molar refractivity (Wildman–Crippen MR) is 300 cm³/mol. The van der Waals surface area contributed by atoms with Crippen molar-refractivity contribution in [1.82, 2.24) is 5.32 Å². The van der Waals surface area contributed by atoms with Crippen LogP contribution in [-0.2, 0) is 14.3 Å². The van der Waals surface area contributed by atoms with E-state index in [1.807, 2.05) is 0 Å². The number of nitrogens with one attached hydrogen (secondary N) is 1. The van der Waals surface area contributed by atoms with Crippen LogP contribution in [0.3, 0.4) is 0 Å². The number of hydrogen-bond donors (Lipinski definition) is 6. The smallest absolute Gasteiger partial charge is 0.220 e. The van der Waals surface area contributed by atoms with Crippen molar-refractivity contribution in [3.63, 3.8) is 0 Å². The Kier molecular flexibility index (Phi) is 50.6. The van der Waals surface area contributed by atoms with Crippen LogP contribution in [0.1, 0.15) is 335 Å². The maximum Gasteiger partial charge on any atom is 0.220 e. The highest BCUT2D eigenvalue weighted by molar-refractivity contribution is 5.76. The number of amides is 1. The molecule has 1 aliphatic rings. The molecule has 1 aliphatic heterocycles. The highest BCUT2D eigenvalue weighted by Gasteiger charge is 2.44. The molecule has 2 unspecified atom stereocenters. The summed E-state index contributed by atoms with van der Waals surface area (Å²) in [5.74, 6) is -0.137. The number of rotatable bonds is 56. The van der Waals surface area contributed by atoms with Crippen LogP contribution in [0.5, 0.6) is 0 Å². The minimum absolute atomic E-state index is 0.131. The van der Waals surface area contributed by atoms with Gasteiger partial charge in [-0.3, -0.25) is 4.79 Å². The third-order valence-electron chi connectivity index (χ3n) is 15.7. The Hall–Kier alpha value is -0.810. The van der Waals surface area contributed by atoms with Crippen LogP contribution in [0.2, 0.25) is 0 Å². The van der Waals surface area contributed by atoms with E-state index >= 15 is 0 Å². The van der Waals surface area contributed by atoms with Gasteiger partial charge in [0, 0.05) is 6.42 Å². The van der Waals surface area contributed by atoms with Gasteiger partial charge in [-0.1, -0.05) is 316 Å². The van der Waals surface area contributed by atoms with Gasteiger partial charge in [-0.25, -0.2) is 0 Å². The number of hydrogen-bond acceptors (Lipinski definition) is 8. The fourth-order valence-corrected chi connectivity index (χ4v) is 10.7. The van der Waals surface area contributed by atoms with Crippen molar-refractivity contribution in [2.24, 2.45) is 0 Å². The summed E-state index contributed by atoms with van der Waals surface area (Å²) in [6, 6.07) is -0.712. The van der Waals surface area contributed by atoms with E-state index in [4.69, 9.17) is 9.47 Å². The number of aliphatic hydroxyl groups is 5. The quantitative estimate of drug-likeness (QED) is 0.0330. The SMILES string of the molecule is CCCCCCCCCCCCCCCCCCCCCCCCCCCCCCCCCCCCCCC(=O)N[C@@H](CO[C@@H]1O[C@H](CO)[C@@H](O)C(O)C1O)[C@H](O)CCCCCCCCCCCCCC. The molecule has 1 amide bonds. The molecule has 1 saturated heterocycles. The molecule has 6 N–H and O–H groups in total. The van der Waals surface area contributed by atoms with Crippen LogP contribution < -0.4 is 5.32 Å². The molecule has 7 atom stereocenters. The number of unbranched alkanes of at least 4 members (excludes halogenated alkanes) is 46. The molecule has 0 aromatic carbocycles. The first-order chi connectivity index (χ1) is 34.8. The molecule has 1 fully saturated rings. The zero-order valence-corrected chi connectivity index (χ0v) is 47.3. The molecule has 0 saturated carbocycles. The van der Waals surface area contributed by atoms with Gasteiger partial charge in [0.1, 0.15) is 24.4 Å². The molecule has 0 aromatic rings. The van der Waals surface area contributed by atoms with Crippen LogP contribution in [0, 0.1) is 0 Å². The largest absolute Gasteiger partial charge is 0.394 e. The lowest BCUT2D eigenvalue weighted by Gasteiger charge is -2.40. The van der Waals surface area contributed by atoms with E-state index < -0.39 is 49.5 Å². The maximum absolute atomic E-state index is 13.1. The first kappa shape index (κ1) is 68.2. The van der Waals surface area contributed by atoms with Gasteiger partial charge in [0.05, 0.1) is 25.4 Å². The van der Waals surface area contributed by atoms with Gasteiger partial charge in [0.2, 0.25) is 5.91 Å². The first-order valence-corrected chi connectivity index (χ1v) is 31.7. The van der Waals surface area contributed by atoms with E-state index in [1.54, 1.807) is 0 Å². The van der Waals surface area contributed by atoms with Gasteiger partial charge in [-0.15, -0.1) is 0 Å². The Morgan fingerprint density at radius 1 is 0.423 bits per heavy atom. The molecule has 424 valence electrons. The lowest BCUT2D eigenvalue weighted by Crippen LogP contribution is -2.60. The molecule has 9 nitrogen and oxygen atoms in total. The molecule has 0 bridgehead atoms. The second kappa shape index (κ2) is 52.6. The van der Waals surface area contributed by atoms with E-state index in [0.717, 1.165) is 38.5 Å². The molecule has 71 heavy (non-hydrogen) atoms. The Bertz CT molecular complexity index is 1080. The van der Waals surface area contributed by atoms with Gasteiger partial charge in [-0.05, 0) is 12.8 Å². The molecular formula is C62H123NO8. The Morgan fingerprint density at radius 2 is 0.704 bits per heavy atom. The van der Waals surface area contributed by atoms with Crippen molar-refractivity contribution in [3.8, 4) is 0 Å². The molecule has 0 aromatic heterocycles. The highest BCUT2D eigenvalue weighted by atomic mass is 16.7. The van der Waals surface area contributed by atoms with Crippen molar-refractivity contribution in [3.05, 3.63) is 0 Å². The maximum atomic E-state index is 13.1. The van der Waals surface area contributed by atoms with Crippen molar-refractivity contribution in [2.75, 3.05) is 13.2 Å². The van der Waals surface area contributed by atoms with E-state index in [1.165, 1.54) is 270 Å². The molecule has 0 aliphatic carbocycles. The van der Waals surface area contributed by atoms with E-state index in [2.05, 4.69) is 19.2 Å². The summed E-state index contributed by atoms with van der Waals surface area (Å²) in [5.41, 5.74) is 0. The molecule has 0 spiro atoms. The topological polar surface area (TPSA) is 149 Å². The summed E-state index contributed by atoms with van der Waals surface area (Å²) in [5, 5.41) is 54.6. The molecule has 0 radical (unpaired) electrons. The summed E-state index contributed by atoms with van der Waals surface area (Å²) in [6.07, 6.45) is 57.5. The lowest BCUT2D eigenvalue weighted by atomic mass is 9.99. The van der Waals surface area contributed by atoms with Crippen LogP contribution in [-0.4, -0.2) is 87.5 Å². The van der Waals surface area contributed by atoms with Crippen molar-refractivity contribution < 1.29 is 39.8 Å². The second-order valence-electron chi connectivity index (χ2n) is 22.6. The Labute approximate surface area is 440 Å². The minimum Gasteiger partial charge on any atom is -0.394 e. The third kappa shape index (κ3) is 42.0. The van der Waals surface area contributed by atoms with Gasteiger partial charge in [0.15, 0.2) is 6.29 Å². The van der Waals surface area contributed by atoms with Crippen molar-refractivity contribution >= 4 is 5.91 Å². The molecule has 9 heteroatoms. The minimum atomic E-state index is -1.55. The predicted octanol–water partition coefficient (Wildman–Crippen LogP) is 16.2. The number of ether oxygens (including phenoxy) is 2. The second-order valence-corrected chi connectivity index (χ2v) is 22.6. The van der Waals surface area contributed by atoms with E-state index in [9.17, 15) is 30.3 Å². The summed E-state index contributed by atoms with van der Waals surface area (Å²) in [4.78, 5) is 13.1. The zero-order valence-electron chi connectivity index (χ0n) is 47.3. The lowest BCUT2D eigenvalue weighted by molar-refractivity contribution is -0.302. The standard InChI is InChI=1S/C62H123NO8/c1-3-5-7-9-11-13-15-17-18-19-20-21-22-23-24-25-26-27-28-29-30-31-32-33-34-35-36-37-38-39-40-42-44-46-48-50-52-58(66)63-55(54-70-62-61(69)60(68)59(67)57(53-64)71-62)56(65)51-49-47-45-43-41-16-14-12-10-8-6-4-2/h55-57,59-62,64-65,67-69H,3-54H2,1-2H3,(H,63,66)/t55-,56+,57+,59+,60?,61?,62+/m0/s1. The summed E-state index contributed by atoms with van der Waals surface area (Å²) in [7, 11) is 0. The number of carbonyl (C=O) groups is 1. The average Bonchev–Trinajstić information content (AvgIpc) is 3.37. The van der Waals surface area contributed by atoms with E-state index in [-0.39, 0.29) is 12.5 Å². The van der Waals surface area contributed by atoms with Gasteiger partial charge >= 0.3 is 0 Å². The van der Waals surface area contributed by atoms with Gasteiger partial charge in [-0.2, -0.15) is 0 Å². The molecular weight excluding hydrogens is 887 g/mol. The Morgan fingerprint density at radius 3 is 1.00 bits per heavy atom. The van der Waals surface area contributed by atoms with Gasteiger partial charge in [0.25, 0.3) is 0 Å². The van der Waals surface area contributed by atoms with E-state index in [0.29, 0.717) is 12.8 Å². The van der Waals surface area contributed by atoms with Crippen LogP contribution in [0.25, 0.3) is 0 Å². The van der Waals surface area contributed by atoms with Crippen molar-refractivity contribution in [1.29, 1.82) is 0 Å².